The summed E-state index contributed by atoms with van der Waals surface area (Å²) < 4.78 is 23.8. The van der Waals surface area contributed by atoms with Crippen LogP contribution in [0, 0.1) is 5.92 Å². The van der Waals surface area contributed by atoms with Gasteiger partial charge < -0.3 is 5.32 Å². The van der Waals surface area contributed by atoms with Gasteiger partial charge in [-0.1, -0.05) is 6.92 Å². The van der Waals surface area contributed by atoms with E-state index < -0.39 is 14.8 Å². The van der Waals surface area contributed by atoms with Gasteiger partial charge in [-0.15, -0.1) is 0 Å². The molecule has 0 bridgehead atoms. The summed E-state index contributed by atoms with van der Waals surface area (Å²) in [5.41, 5.74) is 0. The SMILES string of the molecule is CC1CNCC(N2C(=O)C(C)(C)S2(=O)=O)C1. The standard InChI is InChI=1S/C10H18N2O3S/c1-7-4-8(6-11-5-7)12-9(13)10(2,3)16(12,14)15/h7-8,11H,4-6H2,1-3H3. The maximum Gasteiger partial charge on any atom is 0.259 e. The van der Waals surface area contributed by atoms with Gasteiger partial charge in [-0.3, -0.25) is 4.79 Å². The molecule has 92 valence electrons. The van der Waals surface area contributed by atoms with Crippen LogP contribution in [0.5, 0.6) is 0 Å². The first kappa shape index (κ1) is 11.9. The Morgan fingerprint density at radius 1 is 1.38 bits per heavy atom. The lowest BCUT2D eigenvalue weighted by Gasteiger charge is -2.48. The van der Waals surface area contributed by atoms with E-state index in [4.69, 9.17) is 0 Å². The molecule has 1 amide bonds. The molecule has 2 fully saturated rings. The van der Waals surface area contributed by atoms with E-state index in [1.165, 1.54) is 13.8 Å². The van der Waals surface area contributed by atoms with Crippen molar-refractivity contribution in [2.24, 2.45) is 5.92 Å². The maximum atomic E-state index is 12.0. The summed E-state index contributed by atoms with van der Waals surface area (Å²) in [6, 6.07) is -0.200. The van der Waals surface area contributed by atoms with Gasteiger partial charge in [-0.05, 0) is 32.7 Å². The van der Waals surface area contributed by atoms with Gasteiger partial charge in [0.05, 0.1) is 6.04 Å². The minimum Gasteiger partial charge on any atom is -0.314 e. The average Bonchev–Trinajstić information content (AvgIpc) is 2.17. The number of rotatable bonds is 1. The zero-order valence-corrected chi connectivity index (χ0v) is 10.7. The van der Waals surface area contributed by atoms with Crippen LogP contribution in [0.2, 0.25) is 0 Å². The third kappa shape index (κ3) is 1.39. The summed E-state index contributed by atoms with van der Waals surface area (Å²) in [5.74, 6) is 0.138. The second kappa shape index (κ2) is 3.43. The van der Waals surface area contributed by atoms with Crippen LogP contribution in [0.4, 0.5) is 0 Å². The van der Waals surface area contributed by atoms with Crippen molar-refractivity contribution in [1.82, 2.24) is 9.62 Å². The quantitative estimate of drug-likeness (QED) is 0.703. The number of sulfonamides is 1. The van der Waals surface area contributed by atoms with Crippen molar-refractivity contribution in [1.29, 1.82) is 0 Å². The van der Waals surface area contributed by atoms with Crippen LogP contribution < -0.4 is 5.32 Å². The number of hydrogen-bond donors (Lipinski definition) is 1. The van der Waals surface area contributed by atoms with Gasteiger partial charge in [0.25, 0.3) is 15.9 Å². The summed E-state index contributed by atoms with van der Waals surface area (Å²) in [4.78, 5) is 11.8. The summed E-state index contributed by atoms with van der Waals surface area (Å²) in [6.45, 7) is 6.47. The van der Waals surface area contributed by atoms with Gasteiger partial charge in [0, 0.05) is 6.54 Å². The van der Waals surface area contributed by atoms with Crippen molar-refractivity contribution in [3.8, 4) is 0 Å². The van der Waals surface area contributed by atoms with E-state index in [0.29, 0.717) is 12.5 Å². The highest BCUT2D eigenvalue weighted by Crippen LogP contribution is 2.38. The molecule has 0 saturated carbocycles. The van der Waals surface area contributed by atoms with Crippen molar-refractivity contribution in [3.05, 3.63) is 0 Å². The smallest absolute Gasteiger partial charge is 0.259 e. The molecular weight excluding hydrogens is 228 g/mol. The van der Waals surface area contributed by atoms with Crippen molar-refractivity contribution >= 4 is 15.9 Å². The molecule has 0 aliphatic carbocycles. The van der Waals surface area contributed by atoms with E-state index >= 15 is 0 Å². The fraction of sp³-hybridized carbons (Fsp3) is 0.900. The lowest BCUT2D eigenvalue weighted by atomic mass is 9.97. The Hall–Kier alpha value is -0.620. The molecule has 2 unspecified atom stereocenters. The Morgan fingerprint density at radius 2 is 2.00 bits per heavy atom. The first-order valence-electron chi connectivity index (χ1n) is 5.57. The van der Waals surface area contributed by atoms with Gasteiger partial charge in [0.1, 0.15) is 0 Å². The van der Waals surface area contributed by atoms with Gasteiger partial charge in [-0.25, -0.2) is 12.7 Å². The highest BCUT2D eigenvalue weighted by Gasteiger charge is 2.62. The Labute approximate surface area is 96.2 Å². The molecule has 2 saturated heterocycles. The maximum absolute atomic E-state index is 12.0. The highest BCUT2D eigenvalue weighted by atomic mass is 32.2. The van der Waals surface area contributed by atoms with E-state index in [0.717, 1.165) is 17.3 Å². The monoisotopic (exact) mass is 246 g/mol. The summed E-state index contributed by atoms with van der Waals surface area (Å²) in [6.07, 6.45) is 0.758. The van der Waals surface area contributed by atoms with E-state index in [-0.39, 0.29) is 11.9 Å². The van der Waals surface area contributed by atoms with Crippen molar-refractivity contribution in [3.63, 3.8) is 0 Å². The summed E-state index contributed by atoms with van der Waals surface area (Å²) >= 11 is 0. The first-order chi connectivity index (χ1) is 7.28. The molecule has 0 spiro atoms. The Balaban J connectivity index is 2.21. The molecule has 6 heteroatoms. The number of amides is 1. The fourth-order valence-electron chi connectivity index (χ4n) is 2.36. The Bertz CT molecular complexity index is 416. The number of nitrogens with one attached hydrogen (secondary N) is 1. The van der Waals surface area contributed by atoms with Crippen LogP contribution in [0.25, 0.3) is 0 Å². The molecule has 2 aliphatic heterocycles. The predicted octanol–water partition coefficient (Wildman–Crippen LogP) is -0.0650. The number of carbonyl (C=O) groups is 1. The van der Waals surface area contributed by atoms with Crippen molar-refractivity contribution in [2.45, 2.75) is 38.0 Å². The lowest BCUT2D eigenvalue weighted by molar-refractivity contribution is -0.134. The van der Waals surface area contributed by atoms with Gasteiger partial charge in [0.15, 0.2) is 4.75 Å². The molecule has 1 N–H and O–H groups in total. The molecular formula is C10H18N2O3S. The van der Waals surface area contributed by atoms with Crippen molar-refractivity contribution < 1.29 is 13.2 Å². The van der Waals surface area contributed by atoms with Crippen LogP contribution in [-0.4, -0.2) is 42.5 Å². The molecule has 5 nitrogen and oxygen atoms in total. The van der Waals surface area contributed by atoms with Crippen LogP contribution in [0.1, 0.15) is 27.2 Å². The molecule has 16 heavy (non-hydrogen) atoms. The molecule has 2 atom stereocenters. The predicted molar refractivity (Wildman–Crippen MR) is 60.3 cm³/mol. The van der Waals surface area contributed by atoms with Crippen molar-refractivity contribution in [2.75, 3.05) is 13.1 Å². The second-order valence-electron chi connectivity index (χ2n) is 5.27. The fourth-order valence-corrected chi connectivity index (χ4v) is 4.04. The first-order valence-corrected chi connectivity index (χ1v) is 7.01. The van der Waals surface area contributed by atoms with Gasteiger partial charge in [-0.2, -0.15) is 0 Å². The third-order valence-electron chi connectivity index (χ3n) is 3.50. The van der Waals surface area contributed by atoms with E-state index in [1.807, 2.05) is 0 Å². The molecule has 0 radical (unpaired) electrons. The Kier molecular flexibility index (Phi) is 2.54. The zero-order chi connectivity index (χ0) is 12.1. The molecule has 2 heterocycles. The Morgan fingerprint density at radius 3 is 2.50 bits per heavy atom. The second-order valence-corrected chi connectivity index (χ2v) is 7.63. The van der Waals surface area contributed by atoms with Gasteiger partial charge >= 0.3 is 0 Å². The normalized spacial score (nSPS) is 36.9. The van der Waals surface area contributed by atoms with Crippen LogP contribution >= 0.6 is 0 Å². The summed E-state index contributed by atoms with van der Waals surface area (Å²) in [7, 11) is -3.43. The third-order valence-corrected chi connectivity index (χ3v) is 5.94. The van der Waals surface area contributed by atoms with E-state index in [2.05, 4.69) is 12.2 Å². The minimum absolute atomic E-state index is 0.200. The van der Waals surface area contributed by atoms with Crippen LogP contribution in [-0.2, 0) is 14.8 Å². The topological polar surface area (TPSA) is 66.5 Å². The van der Waals surface area contributed by atoms with E-state index in [1.54, 1.807) is 0 Å². The summed E-state index contributed by atoms with van der Waals surface area (Å²) in [5, 5.41) is 3.16. The number of piperidine rings is 1. The minimum atomic E-state index is -3.43. The molecule has 0 aromatic rings. The van der Waals surface area contributed by atoms with Crippen LogP contribution in [0.15, 0.2) is 0 Å². The number of carbonyl (C=O) groups excluding carboxylic acids is 1. The lowest BCUT2D eigenvalue weighted by Crippen LogP contribution is -2.71. The molecule has 2 rings (SSSR count). The molecule has 0 aromatic heterocycles. The highest BCUT2D eigenvalue weighted by molar-refractivity contribution is 7.94. The largest absolute Gasteiger partial charge is 0.314 e. The number of nitrogens with zero attached hydrogens (tertiary/aromatic N) is 1. The van der Waals surface area contributed by atoms with Crippen LogP contribution in [0.3, 0.4) is 0 Å². The zero-order valence-electron chi connectivity index (χ0n) is 9.86. The average molecular weight is 246 g/mol. The number of hydrogen-bond acceptors (Lipinski definition) is 4. The van der Waals surface area contributed by atoms with Gasteiger partial charge in [0.2, 0.25) is 0 Å². The molecule has 0 aromatic carbocycles. The molecule has 2 aliphatic rings. The van der Waals surface area contributed by atoms with E-state index in [9.17, 15) is 13.2 Å².